The Bertz CT molecular complexity index is 335. The van der Waals surface area contributed by atoms with Gasteiger partial charge >= 0.3 is 5.97 Å². The molecule has 0 aliphatic rings. The largest absolute Gasteiger partial charge is 0.460 e. The maximum Gasteiger partial charge on any atom is 0.338 e. The SMILES string of the molecule is CCCCOCCOC(=O)c1ccc(F)cc1. The molecule has 0 saturated heterocycles. The van der Waals surface area contributed by atoms with E-state index in [4.69, 9.17) is 9.47 Å². The summed E-state index contributed by atoms with van der Waals surface area (Å²) in [7, 11) is 0. The van der Waals surface area contributed by atoms with Crippen LogP contribution < -0.4 is 0 Å². The predicted octanol–water partition coefficient (Wildman–Crippen LogP) is 2.80. The van der Waals surface area contributed by atoms with Crippen LogP contribution in [0.3, 0.4) is 0 Å². The highest BCUT2D eigenvalue weighted by atomic mass is 19.1. The first kappa shape index (κ1) is 13.6. The molecule has 1 aromatic carbocycles. The molecule has 94 valence electrons. The minimum atomic E-state index is -0.455. The second-order valence-electron chi connectivity index (χ2n) is 3.61. The average molecular weight is 240 g/mol. The van der Waals surface area contributed by atoms with Crippen LogP contribution in [0.5, 0.6) is 0 Å². The smallest absolute Gasteiger partial charge is 0.338 e. The van der Waals surface area contributed by atoms with Gasteiger partial charge in [0.15, 0.2) is 0 Å². The number of carbonyl (C=O) groups is 1. The predicted molar refractivity (Wildman–Crippen MR) is 62.4 cm³/mol. The Hall–Kier alpha value is -1.42. The lowest BCUT2D eigenvalue weighted by Crippen LogP contribution is -2.11. The topological polar surface area (TPSA) is 35.5 Å². The summed E-state index contributed by atoms with van der Waals surface area (Å²) in [6, 6.07) is 5.26. The van der Waals surface area contributed by atoms with Gasteiger partial charge in [0.25, 0.3) is 0 Å². The number of hydrogen-bond acceptors (Lipinski definition) is 3. The van der Waals surface area contributed by atoms with Crippen LogP contribution in [-0.2, 0) is 9.47 Å². The number of unbranched alkanes of at least 4 members (excludes halogenated alkanes) is 1. The minimum absolute atomic E-state index is 0.222. The normalized spacial score (nSPS) is 10.2. The molecule has 4 heteroatoms. The zero-order valence-corrected chi connectivity index (χ0v) is 9.95. The summed E-state index contributed by atoms with van der Waals surface area (Å²) in [6.07, 6.45) is 2.08. The van der Waals surface area contributed by atoms with E-state index in [0.717, 1.165) is 12.8 Å². The lowest BCUT2D eigenvalue weighted by molar-refractivity contribution is 0.0314. The Kier molecular flexibility index (Phi) is 6.25. The number of carbonyl (C=O) groups excluding carboxylic acids is 1. The number of rotatable bonds is 7. The first-order chi connectivity index (χ1) is 8.24. The van der Waals surface area contributed by atoms with Crippen molar-refractivity contribution in [3.63, 3.8) is 0 Å². The summed E-state index contributed by atoms with van der Waals surface area (Å²) in [5, 5.41) is 0. The fourth-order valence-corrected chi connectivity index (χ4v) is 1.21. The van der Waals surface area contributed by atoms with Crippen molar-refractivity contribution in [3.05, 3.63) is 35.6 Å². The molecule has 0 amide bonds. The fraction of sp³-hybridized carbons (Fsp3) is 0.462. The molecule has 1 aromatic rings. The van der Waals surface area contributed by atoms with Crippen LogP contribution in [0.1, 0.15) is 30.1 Å². The Morgan fingerprint density at radius 3 is 2.53 bits per heavy atom. The van der Waals surface area contributed by atoms with Crippen molar-refractivity contribution < 1.29 is 18.7 Å². The summed E-state index contributed by atoms with van der Waals surface area (Å²) < 4.78 is 22.8. The van der Waals surface area contributed by atoms with Gasteiger partial charge in [-0.25, -0.2) is 9.18 Å². The Balaban J connectivity index is 2.19. The third kappa shape index (κ3) is 5.45. The highest BCUT2D eigenvalue weighted by Crippen LogP contribution is 2.04. The van der Waals surface area contributed by atoms with Crippen LogP contribution in [-0.4, -0.2) is 25.8 Å². The molecule has 0 aromatic heterocycles. The number of benzene rings is 1. The van der Waals surface area contributed by atoms with Gasteiger partial charge in [0.05, 0.1) is 12.2 Å². The molecular weight excluding hydrogens is 223 g/mol. The van der Waals surface area contributed by atoms with E-state index in [1.165, 1.54) is 24.3 Å². The first-order valence-electron chi connectivity index (χ1n) is 5.74. The van der Waals surface area contributed by atoms with Gasteiger partial charge in [-0.15, -0.1) is 0 Å². The Morgan fingerprint density at radius 2 is 1.88 bits per heavy atom. The van der Waals surface area contributed by atoms with Crippen molar-refractivity contribution in [2.75, 3.05) is 19.8 Å². The van der Waals surface area contributed by atoms with Crippen LogP contribution in [0.2, 0.25) is 0 Å². The maximum absolute atomic E-state index is 12.6. The molecule has 0 aliphatic heterocycles. The molecule has 0 spiro atoms. The fourth-order valence-electron chi connectivity index (χ4n) is 1.21. The van der Waals surface area contributed by atoms with Crippen molar-refractivity contribution >= 4 is 5.97 Å². The molecule has 0 bridgehead atoms. The van der Waals surface area contributed by atoms with Gasteiger partial charge in [-0.1, -0.05) is 13.3 Å². The second kappa shape index (κ2) is 7.79. The quantitative estimate of drug-likeness (QED) is 0.543. The molecule has 1 rings (SSSR count). The van der Waals surface area contributed by atoms with Crippen molar-refractivity contribution in [1.29, 1.82) is 0 Å². The van der Waals surface area contributed by atoms with Crippen LogP contribution >= 0.6 is 0 Å². The molecule has 0 saturated carbocycles. The molecular formula is C13H17FO3. The minimum Gasteiger partial charge on any atom is -0.460 e. The van der Waals surface area contributed by atoms with E-state index in [0.29, 0.717) is 18.8 Å². The van der Waals surface area contributed by atoms with E-state index in [1.54, 1.807) is 0 Å². The van der Waals surface area contributed by atoms with Gasteiger partial charge in [-0.05, 0) is 30.7 Å². The number of esters is 1. The molecule has 17 heavy (non-hydrogen) atoms. The van der Waals surface area contributed by atoms with Crippen LogP contribution in [0.25, 0.3) is 0 Å². The number of hydrogen-bond donors (Lipinski definition) is 0. The molecule has 0 fully saturated rings. The molecule has 0 N–H and O–H groups in total. The summed E-state index contributed by atoms with van der Waals surface area (Å²) in [5.41, 5.74) is 0.347. The van der Waals surface area contributed by atoms with E-state index in [9.17, 15) is 9.18 Å². The highest BCUT2D eigenvalue weighted by Gasteiger charge is 2.06. The van der Waals surface area contributed by atoms with Crippen molar-refractivity contribution in [1.82, 2.24) is 0 Å². The molecule has 0 heterocycles. The third-order valence-electron chi connectivity index (χ3n) is 2.18. The highest BCUT2D eigenvalue weighted by molar-refractivity contribution is 5.89. The van der Waals surface area contributed by atoms with Crippen molar-refractivity contribution in [3.8, 4) is 0 Å². The summed E-state index contributed by atoms with van der Waals surface area (Å²) in [6.45, 7) is 3.38. The van der Waals surface area contributed by atoms with Gasteiger partial charge in [0.1, 0.15) is 12.4 Å². The zero-order valence-electron chi connectivity index (χ0n) is 9.95. The van der Waals surface area contributed by atoms with Gasteiger partial charge in [0.2, 0.25) is 0 Å². The molecule has 0 radical (unpaired) electrons. The third-order valence-corrected chi connectivity index (χ3v) is 2.18. The summed E-state index contributed by atoms with van der Waals surface area (Å²) in [5.74, 6) is -0.825. The second-order valence-corrected chi connectivity index (χ2v) is 3.61. The van der Waals surface area contributed by atoms with Crippen LogP contribution in [0.15, 0.2) is 24.3 Å². The standard InChI is InChI=1S/C13H17FO3/c1-2-3-8-16-9-10-17-13(15)11-4-6-12(14)7-5-11/h4-7H,2-3,8-10H2,1H3. The van der Waals surface area contributed by atoms with Crippen LogP contribution in [0.4, 0.5) is 4.39 Å². The lowest BCUT2D eigenvalue weighted by atomic mass is 10.2. The summed E-state index contributed by atoms with van der Waals surface area (Å²) >= 11 is 0. The molecule has 0 aliphatic carbocycles. The van der Waals surface area contributed by atoms with E-state index in [-0.39, 0.29) is 12.4 Å². The van der Waals surface area contributed by atoms with Crippen molar-refractivity contribution in [2.45, 2.75) is 19.8 Å². The Labute approximate surface area is 101 Å². The van der Waals surface area contributed by atoms with Gasteiger partial charge in [-0.3, -0.25) is 0 Å². The van der Waals surface area contributed by atoms with Gasteiger partial charge < -0.3 is 9.47 Å². The first-order valence-corrected chi connectivity index (χ1v) is 5.74. The monoisotopic (exact) mass is 240 g/mol. The average Bonchev–Trinajstić information content (AvgIpc) is 2.34. The van der Waals surface area contributed by atoms with E-state index in [2.05, 4.69) is 6.92 Å². The molecule has 0 unspecified atom stereocenters. The molecule has 0 atom stereocenters. The summed E-state index contributed by atoms with van der Waals surface area (Å²) in [4.78, 5) is 11.4. The lowest BCUT2D eigenvalue weighted by Gasteiger charge is -2.05. The Morgan fingerprint density at radius 1 is 1.18 bits per heavy atom. The van der Waals surface area contributed by atoms with Crippen molar-refractivity contribution in [2.24, 2.45) is 0 Å². The van der Waals surface area contributed by atoms with E-state index < -0.39 is 5.97 Å². The number of halogens is 1. The zero-order chi connectivity index (χ0) is 12.5. The van der Waals surface area contributed by atoms with Gasteiger partial charge in [0, 0.05) is 6.61 Å². The van der Waals surface area contributed by atoms with Gasteiger partial charge in [-0.2, -0.15) is 0 Å². The van der Waals surface area contributed by atoms with E-state index in [1.807, 2.05) is 0 Å². The van der Waals surface area contributed by atoms with Crippen LogP contribution in [0, 0.1) is 5.82 Å². The maximum atomic E-state index is 12.6. The number of ether oxygens (including phenoxy) is 2. The van der Waals surface area contributed by atoms with E-state index >= 15 is 0 Å². The molecule has 3 nitrogen and oxygen atoms in total.